The van der Waals surface area contributed by atoms with E-state index >= 15 is 0 Å². The zero-order valence-corrected chi connectivity index (χ0v) is 17.5. The maximum atomic E-state index is 12.7. The fourth-order valence-electron chi connectivity index (χ4n) is 2.95. The number of hydrogen-bond donors (Lipinski definition) is 0. The first-order valence-corrected chi connectivity index (χ1v) is 10.9. The molecular weight excluding hydrogens is 423 g/mol. The third kappa shape index (κ3) is 4.78. The van der Waals surface area contributed by atoms with E-state index in [1.807, 2.05) is 0 Å². The van der Waals surface area contributed by atoms with Gasteiger partial charge in [0.2, 0.25) is 10.0 Å². The summed E-state index contributed by atoms with van der Waals surface area (Å²) in [6.07, 6.45) is -0.683. The van der Waals surface area contributed by atoms with E-state index in [1.165, 1.54) is 16.4 Å². The minimum atomic E-state index is -3.64. The van der Waals surface area contributed by atoms with Gasteiger partial charge in [-0.2, -0.15) is 4.31 Å². The molecule has 1 saturated heterocycles. The lowest BCUT2D eigenvalue weighted by Crippen LogP contribution is -2.53. The number of benzene rings is 2. The summed E-state index contributed by atoms with van der Waals surface area (Å²) in [5.74, 6) is 0.363. The summed E-state index contributed by atoms with van der Waals surface area (Å²) in [5.41, 5.74) is 0. The minimum Gasteiger partial charge on any atom is -0.481 e. The summed E-state index contributed by atoms with van der Waals surface area (Å²) in [7, 11) is -3.64. The average Bonchev–Trinajstić information content (AvgIpc) is 2.69. The van der Waals surface area contributed by atoms with Crippen molar-refractivity contribution < 1.29 is 17.9 Å². The summed E-state index contributed by atoms with van der Waals surface area (Å²) in [5, 5.41) is 0.950. The lowest BCUT2D eigenvalue weighted by atomic mass is 10.2. The van der Waals surface area contributed by atoms with Gasteiger partial charge in [-0.1, -0.05) is 29.3 Å². The van der Waals surface area contributed by atoms with Crippen LogP contribution < -0.4 is 4.74 Å². The number of halogens is 2. The normalized spacial score (nSPS) is 16.6. The van der Waals surface area contributed by atoms with E-state index in [4.69, 9.17) is 27.9 Å². The van der Waals surface area contributed by atoms with E-state index < -0.39 is 16.1 Å². The van der Waals surface area contributed by atoms with Gasteiger partial charge in [-0.3, -0.25) is 4.79 Å². The van der Waals surface area contributed by atoms with Crippen molar-refractivity contribution in [1.82, 2.24) is 9.21 Å². The molecule has 150 valence electrons. The topological polar surface area (TPSA) is 66.9 Å². The highest BCUT2D eigenvalue weighted by molar-refractivity contribution is 7.89. The average molecular weight is 443 g/mol. The van der Waals surface area contributed by atoms with E-state index in [0.717, 1.165) is 0 Å². The summed E-state index contributed by atoms with van der Waals surface area (Å²) in [4.78, 5) is 14.4. The Hall–Kier alpha value is -1.80. The van der Waals surface area contributed by atoms with Gasteiger partial charge in [-0.25, -0.2) is 8.42 Å². The zero-order chi connectivity index (χ0) is 20.3. The van der Waals surface area contributed by atoms with Crippen LogP contribution in [0.3, 0.4) is 0 Å². The molecule has 0 aliphatic carbocycles. The molecule has 3 rings (SSSR count). The maximum absolute atomic E-state index is 12.7. The number of ether oxygens (including phenoxy) is 1. The van der Waals surface area contributed by atoms with Crippen molar-refractivity contribution >= 4 is 39.1 Å². The summed E-state index contributed by atoms with van der Waals surface area (Å²) >= 11 is 11.8. The zero-order valence-electron chi connectivity index (χ0n) is 15.2. The molecule has 2 aromatic carbocycles. The molecule has 0 radical (unpaired) electrons. The van der Waals surface area contributed by atoms with E-state index in [9.17, 15) is 13.2 Å². The van der Waals surface area contributed by atoms with Crippen LogP contribution in [0.25, 0.3) is 0 Å². The molecule has 1 fully saturated rings. The van der Waals surface area contributed by atoms with Crippen LogP contribution in [0.1, 0.15) is 6.92 Å². The quantitative estimate of drug-likeness (QED) is 0.712. The van der Waals surface area contributed by atoms with E-state index in [1.54, 1.807) is 48.2 Å². The fourth-order valence-corrected chi connectivity index (χ4v) is 4.80. The standard InChI is InChI=1S/C19H20Cl2N2O4S/c1-14(27-17-7-5-15(20)6-8-17)19(24)22-9-11-23(12-10-22)28(25,26)18-4-2-3-16(21)13-18/h2-8,13-14H,9-12H2,1H3. The molecule has 1 atom stereocenters. The van der Waals surface area contributed by atoms with Gasteiger partial charge < -0.3 is 9.64 Å². The van der Waals surface area contributed by atoms with Crippen LogP contribution in [0, 0.1) is 0 Å². The molecule has 2 aromatic rings. The molecular formula is C19H20Cl2N2O4S. The van der Waals surface area contributed by atoms with Gasteiger partial charge in [0, 0.05) is 36.2 Å². The van der Waals surface area contributed by atoms with Crippen LogP contribution in [0.5, 0.6) is 5.75 Å². The lowest BCUT2D eigenvalue weighted by Gasteiger charge is -2.35. The van der Waals surface area contributed by atoms with Crippen molar-refractivity contribution in [1.29, 1.82) is 0 Å². The fraction of sp³-hybridized carbons (Fsp3) is 0.316. The molecule has 28 heavy (non-hydrogen) atoms. The number of nitrogens with zero attached hydrogens (tertiary/aromatic N) is 2. The Kier molecular flexibility index (Phi) is 6.50. The second-order valence-corrected chi connectivity index (χ2v) is 9.21. The van der Waals surface area contributed by atoms with Crippen molar-refractivity contribution in [3.63, 3.8) is 0 Å². The smallest absolute Gasteiger partial charge is 0.263 e. The summed E-state index contributed by atoms with van der Waals surface area (Å²) in [6, 6.07) is 12.9. The second-order valence-electron chi connectivity index (χ2n) is 6.40. The molecule has 1 aliphatic heterocycles. The summed E-state index contributed by atoms with van der Waals surface area (Å²) in [6.45, 7) is 2.70. The summed E-state index contributed by atoms with van der Waals surface area (Å²) < 4.78 is 32.5. The SMILES string of the molecule is CC(Oc1ccc(Cl)cc1)C(=O)N1CCN(S(=O)(=O)c2cccc(Cl)c2)CC1. The molecule has 0 bridgehead atoms. The number of piperazine rings is 1. The Balaban J connectivity index is 1.59. The van der Waals surface area contributed by atoms with Crippen LogP contribution in [0.15, 0.2) is 53.4 Å². The van der Waals surface area contributed by atoms with Crippen molar-refractivity contribution in [2.24, 2.45) is 0 Å². The molecule has 0 saturated carbocycles. The molecule has 6 nitrogen and oxygen atoms in total. The van der Waals surface area contributed by atoms with Crippen molar-refractivity contribution in [2.45, 2.75) is 17.9 Å². The number of amides is 1. The van der Waals surface area contributed by atoms with Crippen LogP contribution >= 0.6 is 23.2 Å². The monoisotopic (exact) mass is 442 g/mol. The van der Waals surface area contributed by atoms with Gasteiger partial charge in [-0.05, 0) is 49.4 Å². The predicted molar refractivity (Wildman–Crippen MR) is 108 cm³/mol. The van der Waals surface area contributed by atoms with E-state index in [2.05, 4.69) is 0 Å². The van der Waals surface area contributed by atoms with Crippen molar-refractivity contribution in [3.05, 3.63) is 58.6 Å². The Morgan fingerprint density at radius 2 is 1.64 bits per heavy atom. The van der Waals surface area contributed by atoms with Crippen molar-refractivity contribution in [2.75, 3.05) is 26.2 Å². The van der Waals surface area contributed by atoms with Gasteiger partial charge in [0.25, 0.3) is 5.91 Å². The number of carbonyl (C=O) groups excluding carboxylic acids is 1. The first kappa shape index (κ1) is 20.9. The molecule has 1 aliphatic rings. The van der Waals surface area contributed by atoms with Gasteiger partial charge >= 0.3 is 0 Å². The maximum Gasteiger partial charge on any atom is 0.263 e. The highest BCUT2D eigenvalue weighted by atomic mass is 35.5. The molecule has 0 spiro atoms. The Bertz CT molecular complexity index is 943. The highest BCUT2D eigenvalue weighted by Gasteiger charge is 2.32. The van der Waals surface area contributed by atoms with Crippen molar-refractivity contribution in [3.8, 4) is 5.75 Å². The molecule has 1 amide bonds. The Morgan fingerprint density at radius 1 is 1.00 bits per heavy atom. The molecule has 0 N–H and O–H groups in total. The third-order valence-electron chi connectivity index (χ3n) is 4.46. The Morgan fingerprint density at radius 3 is 2.25 bits per heavy atom. The highest BCUT2D eigenvalue weighted by Crippen LogP contribution is 2.22. The number of sulfonamides is 1. The first-order chi connectivity index (χ1) is 13.3. The second kappa shape index (κ2) is 8.69. The number of hydrogen-bond acceptors (Lipinski definition) is 4. The minimum absolute atomic E-state index is 0.152. The van der Waals surface area contributed by atoms with Crippen LogP contribution in [-0.4, -0.2) is 55.8 Å². The van der Waals surface area contributed by atoms with E-state index in [0.29, 0.717) is 28.9 Å². The first-order valence-electron chi connectivity index (χ1n) is 8.74. The molecule has 1 unspecified atom stereocenters. The largest absolute Gasteiger partial charge is 0.481 e. The predicted octanol–water partition coefficient (Wildman–Crippen LogP) is 3.29. The van der Waals surface area contributed by atoms with E-state index in [-0.39, 0.29) is 23.9 Å². The van der Waals surface area contributed by atoms with Gasteiger partial charge in [0.05, 0.1) is 4.90 Å². The molecule has 9 heteroatoms. The number of rotatable bonds is 5. The molecule has 0 aromatic heterocycles. The van der Waals surface area contributed by atoms with Crippen LogP contribution in [0.4, 0.5) is 0 Å². The van der Waals surface area contributed by atoms with Gasteiger partial charge in [0.15, 0.2) is 6.10 Å². The Labute approximate surface area is 174 Å². The molecule has 1 heterocycles. The van der Waals surface area contributed by atoms with Crippen LogP contribution in [0.2, 0.25) is 10.0 Å². The third-order valence-corrected chi connectivity index (χ3v) is 6.84. The number of carbonyl (C=O) groups is 1. The van der Waals surface area contributed by atoms with Gasteiger partial charge in [0.1, 0.15) is 5.75 Å². The van der Waals surface area contributed by atoms with Crippen LogP contribution in [-0.2, 0) is 14.8 Å². The van der Waals surface area contributed by atoms with Gasteiger partial charge in [-0.15, -0.1) is 0 Å². The lowest BCUT2D eigenvalue weighted by molar-refractivity contribution is -0.139.